The van der Waals surface area contributed by atoms with Crippen molar-refractivity contribution < 1.29 is 28.2 Å². The van der Waals surface area contributed by atoms with E-state index in [9.17, 15) is 14.3 Å². The average molecular weight is 524 g/mol. The number of carbonyl (C=O) groups is 1. The number of nitrogens with one attached hydrogen (secondary N) is 1. The zero-order valence-electron chi connectivity index (χ0n) is 21.5. The lowest BCUT2D eigenvalue weighted by Gasteiger charge is -2.36. The maximum absolute atomic E-state index is 16.4. The van der Waals surface area contributed by atoms with Gasteiger partial charge in [0, 0.05) is 48.4 Å². The second kappa shape index (κ2) is 9.47. The van der Waals surface area contributed by atoms with E-state index in [1.807, 2.05) is 6.07 Å². The molecule has 200 valence electrons. The van der Waals surface area contributed by atoms with Crippen molar-refractivity contribution in [1.29, 1.82) is 0 Å². The minimum atomic E-state index is -1.23. The number of aliphatic carboxylic acids is 1. The van der Waals surface area contributed by atoms with Crippen molar-refractivity contribution in [3.8, 4) is 5.69 Å². The third-order valence-corrected chi connectivity index (χ3v) is 8.67. The molecule has 1 saturated heterocycles. The number of methoxy groups -OCH3 is 1. The molecule has 0 bridgehead atoms. The van der Waals surface area contributed by atoms with Crippen molar-refractivity contribution >= 4 is 27.8 Å². The molecule has 0 radical (unpaired) electrons. The molecule has 0 spiro atoms. The molecule has 2 fully saturated rings. The van der Waals surface area contributed by atoms with E-state index in [0.29, 0.717) is 66.3 Å². The Morgan fingerprint density at radius 1 is 1.16 bits per heavy atom. The topological polar surface area (TPSA) is 89.4 Å². The predicted octanol–water partition coefficient (Wildman–Crippen LogP) is 6.11. The van der Waals surface area contributed by atoms with Crippen LogP contribution in [0.3, 0.4) is 0 Å². The van der Waals surface area contributed by atoms with Gasteiger partial charge in [0.05, 0.1) is 11.7 Å². The van der Waals surface area contributed by atoms with Gasteiger partial charge < -0.3 is 19.1 Å². The molecule has 1 saturated carbocycles. The molecule has 38 heavy (non-hydrogen) atoms. The first-order valence-electron chi connectivity index (χ1n) is 13.2. The molecule has 0 amide bonds. The summed E-state index contributed by atoms with van der Waals surface area (Å²) in [6, 6.07) is 6.95. The van der Waals surface area contributed by atoms with Gasteiger partial charge in [-0.05, 0) is 86.8 Å². The standard InChI is InChI=1S/C29H31F2N3O4/c1-16-13-20(3-4-21(16)30)34-22-14-19-15-32-33-26(19)25(31)24(22)23(27(34)18-7-11-38-12-8-18)17-5-9-29(37-2,10-6-17)28(35)36/h3-4,13-15,17-18H,5-12H2,1-2H3,(H,32,33)(H,35,36). The van der Waals surface area contributed by atoms with E-state index in [4.69, 9.17) is 9.47 Å². The monoisotopic (exact) mass is 523 g/mol. The highest BCUT2D eigenvalue weighted by Gasteiger charge is 2.44. The number of rotatable bonds is 5. The summed E-state index contributed by atoms with van der Waals surface area (Å²) in [7, 11) is 1.44. The van der Waals surface area contributed by atoms with Gasteiger partial charge >= 0.3 is 5.97 Å². The molecule has 1 aliphatic heterocycles. The molecule has 1 aliphatic carbocycles. The summed E-state index contributed by atoms with van der Waals surface area (Å²) in [6.45, 7) is 2.95. The fourth-order valence-electron chi connectivity index (χ4n) is 6.56. The number of hydrogen-bond donors (Lipinski definition) is 2. The molecule has 7 nitrogen and oxygen atoms in total. The number of nitrogens with zero attached hydrogens (tertiary/aromatic N) is 2. The Hall–Kier alpha value is -3.30. The van der Waals surface area contributed by atoms with Crippen molar-refractivity contribution in [2.45, 2.75) is 62.9 Å². The summed E-state index contributed by atoms with van der Waals surface area (Å²) in [5.74, 6) is -1.56. The highest BCUT2D eigenvalue weighted by molar-refractivity contribution is 6.00. The second-order valence-corrected chi connectivity index (χ2v) is 10.7. The number of aryl methyl sites for hydroxylation is 1. The maximum Gasteiger partial charge on any atom is 0.335 e. The summed E-state index contributed by atoms with van der Waals surface area (Å²) < 4.78 is 44.0. The van der Waals surface area contributed by atoms with Gasteiger partial charge in [-0.2, -0.15) is 5.10 Å². The van der Waals surface area contributed by atoms with Crippen LogP contribution in [0.4, 0.5) is 8.78 Å². The van der Waals surface area contributed by atoms with E-state index in [-0.39, 0.29) is 23.5 Å². The van der Waals surface area contributed by atoms with Gasteiger partial charge in [0.1, 0.15) is 11.3 Å². The predicted molar refractivity (Wildman–Crippen MR) is 139 cm³/mol. The smallest absolute Gasteiger partial charge is 0.335 e. The lowest BCUT2D eigenvalue weighted by atomic mass is 9.74. The van der Waals surface area contributed by atoms with Crippen LogP contribution in [0.25, 0.3) is 27.5 Å². The average Bonchev–Trinajstić information content (AvgIpc) is 3.54. The van der Waals surface area contributed by atoms with Crippen LogP contribution in [-0.2, 0) is 14.3 Å². The zero-order chi connectivity index (χ0) is 26.6. The number of ether oxygens (including phenoxy) is 2. The fourth-order valence-corrected chi connectivity index (χ4v) is 6.56. The molecule has 3 heterocycles. The van der Waals surface area contributed by atoms with Crippen LogP contribution in [0.2, 0.25) is 0 Å². The highest BCUT2D eigenvalue weighted by Crippen LogP contribution is 2.49. The van der Waals surface area contributed by atoms with E-state index in [1.54, 1.807) is 25.3 Å². The van der Waals surface area contributed by atoms with E-state index < -0.39 is 11.6 Å². The van der Waals surface area contributed by atoms with Gasteiger partial charge in [-0.15, -0.1) is 0 Å². The Bertz CT molecular complexity index is 1530. The van der Waals surface area contributed by atoms with Crippen LogP contribution >= 0.6 is 0 Å². The number of aromatic nitrogens is 3. The Morgan fingerprint density at radius 3 is 2.55 bits per heavy atom. The lowest BCUT2D eigenvalue weighted by molar-refractivity contribution is -0.166. The van der Waals surface area contributed by atoms with E-state index in [0.717, 1.165) is 29.8 Å². The molecule has 2 aromatic heterocycles. The highest BCUT2D eigenvalue weighted by atomic mass is 19.1. The van der Waals surface area contributed by atoms with Crippen molar-refractivity contribution in [2.75, 3.05) is 20.3 Å². The third kappa shape index (κ3) is 3.82. The van der Waals surface area contributed by atoms with Crippen molar-refractivity contribution in [1.82, 2.24) is 14.8 Å². The fraction of sp³-hybridized carbons (Fsp3) is 0.448. The molecule has 4 aromatic rings. The second-order valence-electron chi connectivity index (χ2n) is 10.7. The van der Waals surface area contributed by atoms with Crippen molar-refractivity contribution in [3.05, 3.63) is 58.9 Å². The summed E-state index contributed by atoms with van der Waals surface area (Å²) in [4.78, 5) is 12.1. The number of halogens is 2. The normalized spacial score (nSPS) is 22.9. The minimum absolute atomic E-state index is 0.0596. The number of benzene rings is 2. The van der Waals surface area contributed by atoms with Gasteiger partial charge in [0.2, 0.25) is 0 Å². The number of carboxylic acid groups (broad SMARTS) is 1. The molecular weight excluding hydrogens is 492 g/mol. The Morgan fingerprint density at radius 2 is 1.89 bits per heavy atom. The van der Waals surface area contributed by atoms with Crippen LogP contribution in [0.5, 0.6) is 0 Å². The number of carboxylic acids is 1. The number of hydrogen-bond acceptors (Lipinski definition) is 4. The first kappa shape index (κ1) is 25.0. The maximum atomic E-state index is 16.4. The summed E-state index contributed by atoms with van der Waals surface area (Å²) in [6.07, 6.45) is 4.97. The minimum Gasteiger partial charge on any atom is -0.479 e. The van der Waals surface area contributed by atoms with E-state index >= 15 is 4.39 Å². The van der Waals surface area contributed by atoms with E-state index in [1.165, 1.54) is 13.2 Å². The van der Waals surface area contributed by atoms with Crippen molar-refractivity contribution in [3.63, 3.8) is 0 Å². The molecular formula is C29H31F2N3O4. The quantitative estimate of drug-likeness (QED) is 0.329. The number of aromatic amines is 1. The molecule has 9 heteroatoms. The van der Waals surface area contributed by atoms with Crippen LogP contribution in [0, 0.1) is 18.6 Å². The SMILES string of the molecule is COC1(C(=O)O)CCC(c2c(C3CCOCC3)n(-c3ccc(F)c(C)c3)c3cc4cn[nH]c4c(F)c23)CC1. The molecule has 2 aliphatic rings. The summed E-state index contributed by atoms with van der Waals surface area (Å²) >= 11 is 0. The molecule has 0 unspecified atom stereocenters. The summed E-state index contributed by atoms with van der Waals surface area (Å²) in [5.41, 5.74) is 3.04. The van der Waals surface area contributed by atoms with Gasteiger partial charge in [0.15, 0.2) is 11.4 Å². The zero-order valence-corrected chi connectivity index (χ0v) is 21.5. The van der Waals surface area contributed by atoms with Crippen LogP contribution in [0.1, 0.15) is 67.2 Å². The molecule has 2 N–H and O–H groups in total. The largest absolute Gasteiger partial charge is 0.479 e. The van der Waals surface area contributed by atoms with E-state index in [2.05, 4.69) is 14.8 Å². The third-order valence-electron chi connectivity index (χ3n) is 8.67. The van der Waals surface area contributed by atoms with Crippen molar-refractivity contribution in [2.24, 2.45) is 0 Å². The number of H-pyrrole nitrogens is 1. The first-order valence-corrected chi connectivity index (χ1v) is 13.2. The van der Waals surface area contributed by atoms with Crippen LogP contribution in [-0.4, -0.2) is 51.8 Å². The first-order chi connectivity index (χ1) is 18.3. The number of fused-ring (bicyclic) bond motifs is 2. The van der Waals surface area contributed by atoms with Crippen LogP contribution in [0.15, 0.2) is 30.5 Å². The van der Waals surface area contributed by atoms with Gasteiger partial charge in [-0.25, -0.2) is 13.6 Å². The molecule has 2 aromatic carbocycles. The molecule has 0 atom stereocenters. The molecule has 6 rings (SSSR count). The summed E-state index contributed by atoms with van der Waals surface area (Å²) in [5, 5.41) is 17.9. The van der Waals surface area contributed by atoms with Gasteiger partial charge in [-0.3, -0.25) is 5.10 Å². The Kier molecular flexibility index (Phi) is 6.23. The Labute approximate surface area is 218 Å². The lowest BCUT2D eigenvalue weighted by Crippen LogP contribution is -2.43. The van der Waals surface area contributed by atoms with Gasteiger partial charge in [0.25, 0.3) is 0 Å². The van der Waals surface area contributed by atoms with Gasteiger partial charge in [-0.1, -0.05) is 0 Å². The van der Waals surface area contributed by atoms with Crippen LogP contribution < -0.4 is 0 Å². The Balaban J connectivity index is 1.64.